The summed E-state index contributed by atoms with van der Waals surface area (Å²) in [6.45, 7) is 2.33. The fourth-order valence-electron chi connectivity index (χ4n) is 2.72. The lowest BCUT2D eigenvalue weighted by Gasteiger charge is -2.20. The molecule has 7 nitrogen and oxygen atoms in total. The van der Waals surface area contributed by atoms with Gasteiger partial charge < -0.3 is 14.4 Å². The number of thioether (sulfide) groups is 1. The molecule has 2 rings (SSSR count). The van der Waals surface area contributed by atoms with Crippen LogP contribution in [0, 0.1) is 10.1 Å². The van der Waals surface area contributed by atoms with Crippen LogP contribution in [0.25, 0.3) is 0 Å². The Hall–Kier alpha value is -2.74. The summed E-state index contributed by atoms with van der Waals surface area (Å²) in [6, 6.07) is 12.1. The summed E-state index contributed by atoms with van der Waals surface area (Å²) in [7, 11) is 4.88. The zero-order valence-corrected chi connectivity index (χ0v) is 17.2. The van der Waals surface area contributed by atoms with Crippen molar-refractivity contribution < 1.29 is 19.2 Å². The highest BCUT2D eigenvalue weighted by Crippen LogP contribution is 2.32. The Balaban J connectivity index is 1.98. The zero-order chi connectivity index (χ0) is 20.7. The molecule has 0 radical (unpaired) electrons. The van der Waals surface area contributed by atoms with E-state index in [0.717, 1.165) is 11.1 Å². The SMILES string of the molecule is COc1cccc(CN(C)C(=O)CS[C@@H](C)c2cccc([N+](=O)[O-])c2)c1OC. The molecular weight excluding hydrogens is 380 g/mol. The second-order valence-electron chi connectivity index (χ2n) is 6.21. The number of carbonyl (C=O) groups excluding carboxylic acids is 1. The number of hydrogen-bond acceptors (Lipinski definition) is 6. The summed E-state index contributed by atoms with van der Waals surface area (Å²) in [5.41, 5.74) is 1.73. The molecule has 0 heterocycles. The van der Waals surface area contributed by atoms with E-state index in [0.29, 0.717) is 18.0 Å². The number of non-ortho nitro benzene ring substituents is 1. The lowest BCUT2D eigenvalue weighted by atomic mass is 10.1. The van der Waals surface area contributed by atoms with E-state index in [1.54, 1.807) is 44.4 Å². The van der Waals surface area contributed by atoms with Gasteiger partial charge in [-0.3, -0.25) is 14.9 Å². The number of nitrogens with zero attached hydrogens (tertiary/aromatic N) is 2. The molecule has 0 fully saturated rings. The molecule has 0 aliphatic carbocycles. The maximum atomic E-state index is 12.5. The molecular formula is C20H24N2O5S. The first kappa shape index (κ1) is 21.6. The van der Waals surface area contributed by atoms with Crippen LogP contribution in [0.4, 0.5) is 5.69 Å². The van der Waals surface area contributed by atoms with Crippen LogP contribution in [-0.2, 0) is 11.3 Å². The molecule has 0 aliphatic heterocycles. The van der Waals surface area contributed by atoms with Crippen LogP contribution in [-0.4, -0.2) is 42.8 Å². The number of ether oxygens (including phenoxy) is 2. The Morgan fingerprint density at radius 3 is 2.57 bits per heavy atom. The van der Waals surface area contributed by atoms with Crippen molar-refractivity contribution in [3.63, 3.8) is 0 Å². The minimum absolute atomic E-state index is 0.0350. The van der Waals surface area contributed by atoms with Crippen molar-refractivity contribution in [1.29, 1.82) is 0 Å². The number of nitro benzene ring substituents is 1. The molecule has 2 aromatic carbocycles. The van der Waals surface area contributed by atoms with E-state index in [9.17, 15) is 14.9 Å². The molecule has 2 aromatic rings. The van der Waals surface area contributed by atoms with E-state index in [1.807, 2.05) is 25.1 Å². The Bertz CT molecular complexity index is 843. The van der Waals surface area contributed by atoms with Crippen molar-refractivity contribution in [2.45, 2.75) is 18.7 Å². The number of carbonyl (C=O) groups is 1. The Labute approximate surface area is 168 Å². The number of amides is 1. The van der Waals surface area contributed by atoms with Gasteiger partial charge in [0.15, 0.2) is 11.5 Å². The van der Waals surface area contributed by atoms with Gasteiger partial charge in [0.1, 0.15) is 0 Å². The topological polar surface area (TPSA) is 81.9 Å². The molecule has 0 saturated carbocycles. The highest BCUT2D eigenvalue weighted by Gasteiger charge is 2.17. The van der Waals surface area contributed by atoms with E-state index in [1.165, 1.54) is 17.8 Å². The fraction of sp³-hybridized carbons (Fsp3) is 0.350. The predicted molar refractivity (Wildman–Crippen MR) is 110 cm³/mol. The summed E-state index contributed by atoms with van der Waals surface area (Å²) in [6.07, 6.45) is 0. The third kappa shape index (κ3) is 5.39. The number of benzene rings is 2. The highest BCUT2D eigenvalue weighted by molar-refractivity contribution is 8.00. The molecule has 0 aliphatic rings. The summed E-state index contributed by atoms with van der Waals surface area (Å²) in [5.74, 6) is 1.47. The van der Waals surface area contributed by atoms with Gasteiger partial charge in [0.25, 0.3) is 5.69 Å². The maximum Gasteiger partial charge on any atom is 0.269 e. The normalized spacial score (nSPS) is 11.6. The third-order valence-corrected chi connectivity index (χ3v) is 5.51. The van der Waals surface area contributed by atoms with Crippen LogP contribution in [0.1, 0.15) is 23.3 Å². The van der Waals surface area contributed by atoms with Gasteiger partial charge in [0.2, 0.25) is 5.91 Å². The van der Waals surface area contributed by atoms with Crippen LogP contribution >= 0.6 is 11.8 Å². The van der Waals surface area contributed by atoms with Gasteiger partial charge >= 0.3 is 0 Å². The monoisotopic (exact) mass is 404 g/mol. The first-order valence-electron chi connectivity index (χ1n) is 8.67. The molecule has 1 atom stereocenters. The lowest BCUT2D eigenvalue weighted by molar-refractivity contribution is -0.384. The number of nitro groups is 1. The fourth-order valence-corrected chi connectivity index (χ4v) is 3.67. The Morgan fingerprint density at radius 1 is 1.21 bits per heavy atom. The van der Waals surface area contributed by atoms with Crippen LogP contribution in [0.3, 0.4) is 0 Å². The summed E-state index contributed by atoms with van der Waals surface area (Å²) < 4.78 is 10.7. The van der Waals surface area contributed by atoms with Crippen LogP contribution in [0.15, 0.2) is 42.5 Å². The van der Waals surface area contributed by atoms with Gasteiger partial charge in [-0.15, -0.1) is 11.8 Å². The number of para-hydroxylation sites is 1. The minimum atomic E-state index is -0.415. The van der Waals surface area contributed by atoms with Gasteiger partial charge in [0.05, 0.1) is 24.9 Å². The van der Waals surface area contributed by atoms with Gasteiger partial charge in [-0.1, -0.05) is 24.3 Å². The Kier molecular flexibility index (Phi) is 7.69. The van der Waals surface area contributed by atoms with Crippen molar-refractivity contribution >= 4 is 23.4 Å². The van der Waals surface area contributed by atoms with Crippen LogP contribution < -0.4 is 9.47 Å². The molecule has 0 N–H and O–H groups in total. The molecule has 150 valence electrons. The van der Waals surface area contributed by atoms with E-state index in [-0.39, 0.29) is 22.6 Å². The second-order valence-corrected chi connectivity index (χ2v) is 7.54. The summed E-state index contributed by atoms with van der Waals surface area (Å²) in [5, 5.41) is 10.9. The average Bonchev–Trinajstić information content (AvgIpc) is 2.71. The maximum absolute atomic E-state index is 12.5. The van der Waals surface area contributed by atoms with E-state index in [4.69, 9.17) is 9.47 Å². The largest absolute Gasteiger partial charge is 0.493 e. The van der Waals surface area contributed by atoms with Crippen molar-refractivity contribution in [2.24, 2.45) is 0 Å². The molecule has 8 heteroatoms. The predicted octanol–water partition coefficient (Wildman–Crippen LogP) is 4.06. The van der Waals surface area contributed by atoms with Crippen LogP contribution in [0.5, 0.6) is 11.5 Å². The average molecular weight is 404 g/mol. The lowest BCUT2D eigenvalue weighted by Crippen LogP contribution is -2.28. The number of methoxy groups -OCH3 is 2. The third-order valence-electron chi connectivity index (χ3n) is 4.33. The molecule has 1 amide bonds. The van der Waals surface area contributed by atoms with Crippen LogP contribution in [0.2, 0.25) is 0 Å². The molecule has 28 heavy (non-hydrogen) atoms. The van der Waals surface area contributed by atoms with Crippen molar-refractivity contribution in [2.75, 3.05) is 27.0 Å². The van der Waals surface area contributed by atoms with E-state index >= 15 is 0 Å². The van der Waals surface area contributed by atoms with Gasteiger partial charge in [-0.25, -0.2) is 0 Å². The second kappa shape index (κ2) is 9.98. The standard InChI is InChI=1S/C20H24N2O5S/c1-14(15-7-5-9-17(11-15)22(24)25)28-13-19(23)21(2)12-16-8-6-10-18(26-3)20(16)27-4/h5-11,14H,12-13H2,1-4H3/t14-/m0/s1. The van der Waals surface area contributed by atoms with E-state index in [2.05, 4.69) is 0 Å². The van der Waals surface area contributed by atoms with Crippen molar-refractivity contribution in [3.05, 3.63) is 63.7 Å². The molecule has 0 unspecified atom stereocenters. The molecule has 0 aromatic heterocycles. The van der Waals surface area contributed by atoms with Crippen molar-refractivity contribution in [1.82, 2.24) is 4.90 Å². The first-order valence-corrected chi connectivity index (χ1v) is 9.72. The van der Waals surface area contributed by atoms with Crippen molar-refractivity contribution in [3.8, 4) is 11.5 Å². The summed E-state index contributed by atoms with van der Waals surface area (Å²) >= 11 is 1.44. The quantitative estimate of drug-likeness (QED) is 0.463. The Morgan fingerprint density at radius 2 is 1.93 bits per heavy atom. The highest BCUT2D eigenvalue weighted by atomic mass is 32.2. The smallest absolute Gasteiger partial charge is 0.269 e. The minimum Gasteiger partial charge on any atom is -0.493 e. The molecule has 0 saturated heterocycles. The first-order chi connectivity index (χ1) is 13.4. The van der Waals surface area contributed by atoms with E-state index < -0.39 is 4.92 Å². The van der Waals surface area contributed by atoms with Gasteiger partial charge in [0, 0.05) is 36.5 Å². The zero-order valence-electron chi connectivity index (χ0n) is 16.4. The van der Waals surface area contributed by atoms with Gasteiger partial charge in [-0.2, -0.15) is 0 Å². The molecule has 0 bridgehead atoms. The summed E-state index contributed by atoms with van der Waals surface area (Å²) in [4.78, 5) is 24.7. The number of hydrogen-bond donors (Lipinski definition) is 0. The van der Waals surface area contributed by atoms with Gasteiger partial charge in [-0.05, 0) is 18.6 Å². The molecule has 0 spiro atoms. The number of rotatable bonds is 9.